The fourth-order valence-electron chi connectivity index (χ4n) is 11.5. The highest BCUT2D eigenvalue weighted by molar-refractivity contribution is 8.34. The SMILES string of the molecule is Cc1cc(C)cc(-c2ccc3c4ccc(-c5cc(C)cc(C)c5)cc4n(-c4ccc(-c5cccc(S(c6ccccc6)(c6ccccc6)c6ccccc6)c5)c(-c5nc(-c6ccccc6)nc(-c6ccccc6)n5)c4)c3c2)c1. The third-order valence-corrected chi connectivity index (χ3v) is 18.8. The van der Waals surface area contributed by atoms with Crippen LogP contribution in [0, 0.1) is 27.7 Å². The van der Waals surface area contributed by atoms with Crippen LogP contribution in [0.5, 0.6) is 0 Å². The molecule has 2 aromatic heterocycles. The Hall–Kier alpha value is -9.42. The van der Waals surface area contributed by atoms with Gasteiger partial charge in [-0.1, -0.05) is 216 Å². The molecule has 0 aliphatic heterocycles. The Morgan fingerprint density at radius 3 is 1.12 bits per heavy atom. The van der Waals surface area contributed by atoms with Gasteiger partial charge in [-0.3, -0.25) is 0 Å². The van der Waals surface area contributed by atoms with Gasteiger partial charge in [0.05, 0.1) is 11.0 Å². The van der Waals surface area contributed by atoms with Crippen molar-refractivity contribution in [1.29, 1.82) is 0 Å². The maximum absolute atomic E-state index is 5.46. The topological polar surface area (TPSA) is 43.6 Å². The van der Waals surface area contributed by atoms with Crippen LogP contribution in [-0.2, 0) is 0 Å². The van der Waals surface area contributed by atoms with Crippen molar-refractivity contribution in [3.05, 3.63) is 289 Å². The van der Waals surface area contributed by atoms with E-state index in [4.69, 9.17) is 15.0 Å². The molecule has 11 aromatic carbocycles. The van der Waals surface area contributed by atoms with Crippen molar-refractivity contribution in [2.75, 3.05) is 0 Å². The van der Waals surface area contributed by atoms with E-state index in [-0.39, 0.29) is 0 Å². The van der Waals surface area contributed by atoms with Crippen molar-refractivity contribution >= 4 is 31.8 Å². The first kappa shape index (κ1) is 48.2. The van der Waals surface area contributed by atoms with Crippen LogP contribution in [0.3, 0.4) is 0 Å². The minimum Gasteiger partial charge on any atom is -0.309 e. The van der Waals surface area contributed by atoms with Crippen LogP contribution in [0.15, 0.2) is 287 Å². The first-order valence-electron chi connectivity index (χ1n) is 26.6. The summed E-state index contributed by atoms with van der Waals surface area (Å²) in [5.41, 5.74) is 17.7. The zero-order chi connectivity index (χ0) is 52.7. The van der Waals surface area contributed by atoms with E-state index in [9.17, 15) is 0 Å². The molecule has 0 saturated carbocycles. The van der Waals surface area contributed by atoms with E-state index in [1.807, 2.05) is 36.4 Å². The highest BCUT2D eigenvalue weighted by atomic mass is 32.3. The van der Waals surface area contributed by atoms with Crippen LogP contribution in [0.4, 0.5) is 0 Å². The third-order valence-electron chi connectivity index (χ3n) is 14.9. The van der Waals surface area contributed by atoms with Crippen LogP contribution < -0.4 is 0 Å². The van der Waals surface area contributed by atoms with Crippen molar-refractivity contribution in [3.63, 3.8) is 0 Å². The van der Waals surface area contributed by atoms with E-state index >= 15 is 0 Å². The van der Waals surface area contributed by atoms with Crippen molar-refractivity contribution < 1.29 is 0 Å². The zero-order valence-corrected chi connectivity index (χ0v) is 44.9. The summed E-state index contributed by atoms with van der Waals surface area (Å²) >= 11 is 0. The Kier molecular flexibility index (Phi) is 12.5. The predicted molar refractivity (Wildman–Crippen MR) is 326 cm³/mol. The summed E-state index contributed by atoms with van der Waals surface area (Å²) in [6, 6.07) is 97.4. The maximum atomic E-state index is 5.46. The molecular formula is C73H56N4S. The normalized spacial score (nSPS) is 11.8. The average Bonchev–Trinajstić information content (AvgIpc) is 4.03. The quantitative estimate of drug-likeness (QED) is 0.130. The predicted octanol–water partition coefficient (Wildman–Crippen LogP) is 19.5. The maximum Gasteiger partial charge on any atom is 0.164 e. The number of fused-ring (bicyclic) bond motifs is 3. The Morgan fingerprint density at radius 2 is 0.667 bits per heavy atom. The van der Waals surface area contributed by atoms with Crippen molar-refractivity contribution in [2.24, 2.45) is 0 Å². The van der Waals surface area contributed by atoms with E-state index < -0.39 is 10.0 Å². The lowest BCUT2D eigenvalue weighted by Gasteiger charge is -2.42. The second-order valence-electron chi connectivity index (χ2n) is 20.4. The minimum atomic E-state index is -2.01. The van der Waals surface area contributed by atoms with Gasteiger partial charge in [0.25, 0.3) is 0 Å². The molecule has 2 heterocycles. The molecule has 0 atom stereocenters. The van der Waals surface area contributed by atoms with E-state index in [1.165, 1.54) is 74.9 Å². The lowest BCUT2D eigenvalue weighted by Crippen LogP contribution is -2.05. The second kappa shape index (κ2) is 20.3. The number of hydrogen-bond acceptors (Lipinski definition) is 3. The van der Waals surface area contributed by atoms with Gasteiger partial charge in [-0.25, -0.2) is 15.0 Å². The molecule has 0 saturated heterocycles. The number of rotatable bonds is 11. The minimum absolute atomic E-state index is 0.588. The highest BCUT2D eigenvalue weighted by Gasteiger charge is 2.34. The number of benzene rings is 11. The number of nitrogens with zero attached hydrogens (tertiary/aromatic N) is 4. The molecule has 0 amide bonds. The third kappa shape index (κ3) is 8.88. The molecule has 0 aliphatic carbocycles. The molecule has 0 aliphatic rings. The van der Waals surface area contributed by atoms with Gasteiger partial charge in [0.15, 0.2) is 17.5 Å². The summed E-state index contributed by atoms with van der Waals surface area (Å²) < 4.78 is 2.46. The molecule has 0 radical (unpaired) electrons. The van der Waals surface area contributed by atoms with E-state index in [1.54, 1.807) is 0 Å². The van der Waals surface area contributed by atoms with E-state index in [0.29, 0.717) is 17.5 Å². The summed E-state index contributed by atoms with van der Waals surface area (Å²) in [5.74, 6) is 1.81. The average molecular weight is 1020 g/mol. The van der Waals surface area contributed by atoms with Crippen LogP contribution >= 0.6 is 10.0 Å². The van der Waals surface area contributed by atoms with Crippen molar-refractivity contribution in [1.82, 2.24) is 19.5 Å². The zero-order valence-electron chi connectivity index (χ0n) is 44.1. The van der Waals surface area contributed by atoms with Crippen LogP contribution in [-0.4, -0.2) is 19.5 Å². The lowest BCUT2D eigenvalue weighted by atomic mass is 9.97. The summed E-state index contributed by atoms with van der Waals surface area (Å²) in [4.78, 5) is 21.1. The molecule has 0 bridgehead atoms. The largest absolute Gasteiger partial charge is 0.309 e. The summed E-state index contributed by atoms with van der Waals surface area (Å²) in [7, 11) is -2.01. The molecule has 0 N–H and O–H groups in total. The van der Waals surface area contributed by atoms with Crippen molar-refractivity contribution in [3.8, 4) is 73.2 Å². The molecular weight excluding hydrogens is 965 g/mol. The first-order chi connectivity index (χ1) is 38.3. The second-order valence-corrected chi connectivity index (χ2v) is 23.5. The molecule has 78 heavy (non-hydrogen) atoms. The first-order valence-corrected chi connectivity index (χ1v) is 28.3. The molecule has 4 nitrogen and oxygen atoms in total. The Morgan fingerprint density at radius 1 is 0.269 bits per heavy atom. The fraction of sp³-hybridized carbons (Fsp3) is 0.0548. The number of aromatic nitrogens is 4. The van der Waals surface area contributed by atoms with Gasteiger partial charge in [-0.05, 0) is 134 Å². The van der Waals surface area contributed by atoms with Gasteiger partial charge >= 0.3 is 0 Å². The Balaban J connectivity index is 1.11. The van der Waals surface area contributed by atoms with Crippen LogP contribution in [0.1, 0.15) is 22.3 Å². The van der Waals surface area contributed by atoms with Gasteiger partial charge in [0, 0.05) is 52.7 Å². The standard InChI is InChI=1S/C73H56N4S/c1-49-39-50(2)42-58(41-49)55-33-36-66-67-37-34-56(59-43-51(3)40-52(4)44-59)47-70(67)77(69(66)46-55)60-35-38-65(68(48-60)73-75-71(53-21-10-5-11-22-53)74-72(76-73)54-23-12-6-13-24-54)57-25-20-32-64(45-57)78(61-26-14-7-15-27-61,62-28-16-8-17-29-62)63-30-18-9-19-31-63/h5-48H,1-4H3. The number of aryl methyl sites for hydroxylation is 4. The lowest BCUT2D eigenvalue weighted by molar-refractivity contribution is 1.07. The fourth-order valence-corrected chi connectivity index (χ4v) is 15.4. The monoisotopic (exact) mass is 1020 g/mol. The Bertz CT molecular complexity index is 4040. The molecule has 374 valence electrons. The molecule has 0 spiro atoms. The molecule has 5 heteroatoms. The number of hydrogen-bond donors (Lipinski definition) is 0. The van der Waals surface area contributed by atoms with Gasteiger partial charge in [0.1, 0.15) is 0 Å². The van der Waals surface area contributed by atoms with Crippen LogP contribution in [0.2, 0.25) is 0 Å². The van der Waals surface area contributed by atoms with Gasteiger partial charge in [0.2, 0.25) is 0 Å². The van der Waals surface area contributed by atoms with Crippen LogP contribution in [0.25, 0.3) is 95.0 Å². The molecule has 13 rings (SSSR count). The highest BCUT2D eigenvalue weighted by Crippen LogP contribution is 2.73. The van der Waals surface area contributed by atoms with E-state index in [2.05, 4.69) is 263 Å². The van der Waals surface area contributed by atoms with Gasteiger partial charge < -0.3 is 4.57 Å². The summed E-state index contributed by atoms with van der Waals surface area (Å²) in [5, 5.41) is 2.37. The van der Waals surface area contributed by atoms with Gasteiger partial charge in [-0.2, -0.15) is 0 Å². The molecule has 13 aromatic rings. The summed E-state index contributed by atoms with van der Waals surface area (Å²) in [6.07, 6.45) is 0. The van der Waals surface area contributed by atoms with E-state index in [0.717, 1.165) is 44.5 Å². The molecule has 0 unspecified atom stereocenters. The van der Waals surface area contributed by atoms with Gasteiger partial charge in [-0.15, -0.1) is 10.0 Å². The smallest absolute Gasteiger partial charge is 0.164 e. The van der Waals surface area contributed by atoms with Crippen molar-refractivity contribution in [2.45, 2.75) is 47.3 Å². The molecule has 0 fully saturated rings. The Labute approximate surface area is 458 Å². The summed E-state index contributed by atoms with van der Waals surface area (Å²) in [6.45, 7) is 8.72.